The van der Waals surface area contributed by atoms with E-state index in [9.17, 15) is 20.4 Å². The third-order valence-corrected chi connectivity index (χ3v) is 5.38. The van der Waals surface area contributed by atoms with Crippen LogP contribution in [0.5, 0.6) is 0 Å². The summed E-state index contributed by atoms with van der Waals surface area (Å²) in [6, 6.07) is 0. The SMILES string of the molecule is CCCC([O-])CC(C)C.CCCC([O-])CC(C)C.CCCC([O-])CC(C)C.CCCC([O-])CC(C)C.[Si+4]. The van der Waals surface area contributed by atoms with Crippen molar-refractivity contribution >= 4 is 11.0 Å². The summed E-state index contributed by atoms with van der Waals surface area (Å²) in [5, 5.41) is 43.7. The van der Waals surface area contributed by atoms with Gasteiger partial charge >= 0.3 is 11.0 Å². The zero-order valence-electron chi connectivity index (χ0n) is 27.2. The van der Waals surface area contributed by atoms with E-state index in [0.29, 0.717) is 23.7 Å². The maximum atomic E-state index is 10.9. The summed E-state index contributed by atoms with van der Waals surface area (Å²) in [5.41, 5.74) is 0. The van der Waals surface area contributed by atoms with Gasteiger partial charge in [0, 0.05) is 0 Å². The molecule has 0 aliphatic carbocycles. The zero-order valence-corrected chi connectivity index (χ0v) is 28.2. The molecule has 0 aromatic rings. The summed E-state index contributed by atoms with van der Waals surface area (Å²) >= 11 is 0. The molecule has 5 heteroatoms. The first kappa shape index (κ1) is 46.9. The maximum absolute atomic E-state index is 10.9. The summed E-state index contributed by atoms with van der Waals surface area (Å²) in [6.07, 6.45) is 9.62. The Bertz CT molecular complexity index is 317. The fraction of sp³-hybridized carbons (Fsp3) is 1.00. The van der Waals surface area contributed by atoms with Crippen LogP contribution >= 0.6 is 0 Å². The summed E-state index contributed by atoms with van der Waals surface area (Å²) in [5.74, 6) is 2.27. The van der Waals surface area contributed by atoms with Crippen molar-refractivity contribution in [3.8, 4) is 0 Å². The molecule has 4 unspecified atom stereocenters. The summed E-state index contributed by atoms with van der Waals surface area (Å²) < 4.78 is 0. The van der Waals surface area contributed by atoms with Crippen LogP contribution in [0.3, 0.4) is 0 Å². The number of hydrogen-bond donors (Lipinski definition) is 0. The number of hydrogen-bond acceptors (Lipinski definition) is 4. The van der Waals surface area contributed by atoms with Crippen LogP contribution in [0.2, 0.25) is 0 Å². The second-order valence-electron chi connectivity index (χ2n) is 12.2. The molecule has 224 valence electrons. The molecule has 4 atom stereocenters. The molecule has 37 heavy (non-hydrogen) atoms. The molecule has 0 N–H and O–H groups in total. The van der Waals surface area contributed by atoms with Crippen LogP contribution in [0.4, 0.5) is 0 Å². The largest absolute Gasteiger partial charge is 4.00 e. The molecule has 0 aliphatic rings. The monoisotopic (exact) mass is 544 g/mol. The van der Waals surface area contributed by atoms with E-state index >= 15 is 0 Å². The first-order chi connectivity index (χ1) is 16.7. The molecule has 0 aliphatic heterocycles. The molecule has 0 spiro atoms. The Morgan fingerprint density at radius 2 is 0.486 bits per heavy atom. The molecule has 4 nitrogen and oxygen atoms in total. The van der Waals surface area contributed by atoms with Crippen LogP contribution in [0.15, 0.2) is 0 Å². The Hall–Kier alpha value is 0.0569. The van der Waals surface area contributed by atoms with Gasteiger partial charge in [0.25, 0.3) is 0 Å². The van der Waals surface area contributed by atoms with Gasteiger partial charge in [-0.25, -0.2) is 0 Å². The predicted octanol–water partition coefficient (Wildman–Crippen LogP) is 5.87. The van der Waals surface area contributed by atoms with Gasteiger partial charge in [0.1, 0.15) is 0 Å². The molecule has 0 heterocycles. The molecule has 0 rings (SSSR count). The van der Waals surface area contributed by atoms with E-state index in [4.69, 9.17) is 0 Å². The second kappa shape index (κ2) is 34.1. The van der Waals surface area contributed by atoms with Crippen LogP contribution in [0, 0.1) is 23.7 Å². The summed E-state index contributed by atoms with van der Waals surface area (Å²) in [6.45, 7) is 25.0. The van der Waals surface area contributed by atoms with Crippen molar-refractivity contribution in [1.29, 1.82) is 0 Å². The molecular formula is C32H68O4Si. The molecule has 0 radical (unpaired) electrons. The molecule has 0 aromatic heterocycles. The van der Waals surface area contributed by atoms with Crippen molar-refractivity contribution in [3.05, 3.63) is 0 Å². The minimum absolute atomic E-state index is 0. The van der Waals surface area contributed by atoms with Gasteiger partial charge in [0.15, 0.2) is 0 Å². The van der Waals surface area contributed by atoms with Crippen LogP contribution in [-0.2, 0) is 0 Å². The fourth-order valence-corrected chi connectivity index (χ4v) is 3.86. The van der Waals surface area contributed by atoms with Gasteiger partial charge in [0.05, 0.1) is 0 Å². The van der Waals surface area contributed by atoms with E-state index in [1.54, 1.807) is 0 Å². The molecular weight excluding hydrogens is 476 g/mol. The van der Waals surface area contributed by atoms with E-state index in [-0.39, 0.29) is 35.4 Å². The standard InChI is InChI=1S/4C8H17O.Si/c4*1-4-5-8(9)6-7(2)3;/h4*7-8H,4-6H2,1-3H3;/q4*-1;+4. The molecule has 0 amide bonds. The van der Waals surface area contributed by atoms with Crippen LogP contribution in [0.1, 0.15) is 160 Å². The van der Waals surface area contributed by atoms with Crippen LogP contribution < -0.4 is 20.4 Å². The second-order valence-corrected chi connectivity index (χ2v) is 12.2. The van der Waals surface area contributed by atoms with E-state index in [1.807, 2.05) is 0 Å². The third kappa shape index (κ3) is 53.1. The van der Waals surface area contributed by atoms with Crippen molar-refractivity contribution in [2.75, 3.05) is 0 Å². The molecule has 0 fully saturated rings. The van der Waals surface area contributed by atoms with E-state index in [0.717, 1.165) is 77.0 Å². The minimum atomic E-state index is -0.310. The third-order valence-electron chi connectivity index (χ3n) is 5.38. The first-order valence-electron chi connectivity index (χ1n) is 15.3. The summed E-state index contributed by atoms with van der Waals surface area (Å²) in [4.78, 5) is 0. The minimum Gasteiger partial charge on any atom is -0.852 e. The van der Waals surface area contributed by atoms with Gasteiger partial charge in [-0.1, -0.05) is 160 Å². The molecule has 0 aromatic carbocycles. The topological polar surface area (TPSA) is 92.2 Å². The smallest absolute Gasteiger partial charge is 0.852 e. The average Bonchev–Trinajstić information content (AvgIpc) is 2.68. The zero-order chi connectivity index (χ0) is 29.1. The molecule has 0 bridgehead atoms. The maximum Gasteiger partial charge on any atom is 4.00 e. The van der Waals surface area contributed by atoms with Gasteiger partial charge in [-0.05, 0) is 23.7 Å². The van der Waals surface area contributed by atoms with Crippen molar-refractivity contribution in [3.63, 3.8) is 0 Å². The normalized spacial score (nSPS) is 13.9. The Morgan fingerprint density at radius 1 is 0.351 bits per heavy atom. The van der Waals surface area contributed by atoms with Crippen molar-refractivity contribution in [2.45, 2.75) is 185 Å². The van der Waals surface area contributed by atoms with Gasteiger partial charge in [0.2, 0.25) is 0 Å². The van der Waals surface area contributed by atoms with Gasteiger partial charge < -0.3 is 20.4 Å². The Kier molecular flexibility index (Phi) is 43.2. The van der Waals surface area contributed by atoms with E-state index in [2.05, 4.69) is 83.1 Å². The van der Waals surface area contributed by atoms with Crippen LogP contribution in [0.25, 0.3) is 0 Å². The summed E-state index contributed by atoms with van der Waals surface area (Å²) in [7, 11) is 0. The van der Waals surface area contributed by atoms with Gasteiger partial charge in [-0.15, -0.1) is 24.4 Å². The quantitative estimate of drug-likeness (QED) is 0.227. The van der Waals surface area contributed by atoms with Crippen molar-refractivity contribution in [1.82, 2.24) is 0 Å². The first-order valence-corrected chi connectivity index (χ1v) is 15.3. The van der Waals surface area contributed by atoms with Crippen molar-refractivity contribution in [2.24, 2.45) is 23.7 Å². The predicted molar refractivity (Wildman–Crippen MR) is 158 cm³/mol. The number of rotatable bonds is 16. The Morgan fingerprint density at radius 3 is 0.568 bits per heavy atom. The van der Waals surface area contributed by atoms with Crippen LogP contribution in [-0.4, -0.2) is 35.4 Å². The van der Waals surface area contributed by atoms with Crippen molar-refractivity contribution < 1.29 is 20.4 Å². The van der Waals surface area contributed by atoms with Gasteiger partial charge in [-0.2, -0.15) is 0 Å². The van der Waals surface area contributed by atoms with Gasteiger partial charge in [-0.3, -0.25) is 0 Å². The molecule has 0 saturated heterocycles. The Labute approximate surface area is 239 Å². The average molecular weight is 545 g/mol. The van der Waals surface area contributed by atoms with E-state index in [1.165, 1.54) is 0 Å². The van der Waals surface area contributed by atoms with E-state index < -0.39 is 0 Å². The molecule has 0 saturated carbocycles. The fourth-order valence-electron chi connectivity index (χ4n) is 3.86. The Balaban J connectivity index is -0.000000122.